The van der Waals surface area contributed by atoms with E-state index in [1.54, 1.807) is 17.0 Å². The highest BCUT2D eigenvalue weighted by Gasteiger charge is 2.32. The van der Waals surface area contributed by atoms with Gasteiger partial charge < -0.3 is 24.4 Å². The smallest absolute Gasteiger partial charge is 0.410 e. The Morgan fingerprint density at radius 2 is 1.86 bits per heavy atom. The number of hydrogen-bond acceptors (Lipinski definition) is 6. The van der Waals surface area contributed by atoms with Crippen LogP contribution in [0.15, 0.2) is 12.1 Å². The van der Waals surface area contributed by atoms with Crippen LogP contribution in [0.3, 0.4) is 0 Å². The molecule has 0 aliphatic carbocycles. The van der Waals surface area contributed by atoms with Gasteiger partial charge in [0.25, 0.3) is 0 Å². The van der Waals surface area contributed by atoms with Crippen molar-refractivity contribution in [2.45, 2.75) is 65.0 Å². The van der Waals surface area contributed by atoms with Crippen LogP contribution in [0.5, 0.6) is 11.5 Å². The summed E-state index contributed by atoms with van der Waals surface area (Å²) in [5.41, 5.74) is 0.145. The zero-order valence-corrected chi connectivity index (χ0v) is 17.4. The molecule has 0 saturated carbocycles. The molecule has 2 amide bonds. The Morgan fingerprint density at radius 1 is 1.17 bits per heavy atom. The lowest BCUT2D eigenvalue weighted by Crippen LogP contribution is -2.47. The molecule has 1 unspecified atom stereocenters. The Kier molecular flexibility index (Phi) is 6.00. The highest BCUT2D eigenvalue weighted by Crippen LogP contribution is 2.37. The molecule has 0 aromatic heterocycles. The average Bonchev–Trinajstić information content (AvgIpc) is 3.07. The van der Waals surface area contributed by atoms with Crippen LogP contribution in [-0.2, 0) is 9.53 Å². The normalized spacial score (nSPS) is 18.3. The van der Waals surface area contributed by atoms with E-state index in [1.807, 2.05) is 20.8 Å². The van der Waals surface area contributed by atoms with Gasteiger partial charge in [-0.2, -0.15) is 0 Å². The van der Waals surface area contributed by atoms with Gasteiger partial charge in [-0.1, -0.05) is 0 Å². The van der Waals surface area contributed by atoms with E-state index in [-0.39, 0.29) is 30.9 Å². The Morgan fingerprint density at radius 3 is 2.52 bits per heavy atom. The van der Waals surface area contributed by atoms with E-state index < -0.39 is 11.7 Å². The number of ether oxygens (including phenoxy) is 3. The van der Waals surface area contributed by atoms with E-state index in [1.165, 1.54) is 6.92 Å². The fourth-order valence-corrected chi connectivity index (χ4v) is 3.53. The number of anilines is 1. The summed E-state index contributed by atoms with van der Waals surface area (Å²) >= 11 is 0. The van der Waals surface area contributed by atoms with E-state index in [2.05, 4.69) is 5.32 Å². The summed E-state index contributed by atoms with van der Waals surface area (Å²) in [6, 6.07) is 2.94. The van der Waals surface area contributed by atoms with E-state index in [9.17, 15) is 14.4 Å². The van der Waals surface area contributed by atoms with Crippen molar-refractivity contribution in [3.05, 3.63) is 17.7 Å². The number of benzene rings is 1. The monoisotopic (exact) mass is 404 g/mol. The van der Waals surface area contributed by atoms with Crippen LogP contribution in [0, 0.1) is 0 Å². The second-order valence-corrected chi connectivity index (χ2v) is 8.38. The number of nitrogens with one attached hydrogen (secondary N) is 1. The second kappa shape index (κ2) is 8.31. The molecule has 158 valence electrons. The lowest BCUT2D eigenvalue weighted by molar-refractivity contribution is -0.117. The third-order valence-electron chi connectivity index (χ3n) is 4.84. The molecule has 1 saturated heterocycles. The number of likely N-dealkylation sites (tertiary alicyclic amines) is 1. The molecule has 1 aromatic rings. The van der Waals surface area contributed by atoms with Gasteiger partial charge in [0.2, 0.25) is 12.7 Å². The van der Waals surface area contributed by atoms with Gasteiger partial charge in [0, 0.05) is 30.6 Å². The van der Waals surface area contributed by atoms with Crippen LogP contribution in [0.1, 0.15) is 63.7 Å². The molecule has 8 heteroatoms. The third kappa shape index (κ3) is 5.19. The molecule has 3 rings (SSSR count). The Bertz CT molecular complexity index is 814. The summed E-state index contributed by atoms with van der Waals surface area (Å²) in [4.78, 5) is 38.9. The van der Waals surface area contributed by atoms with E-state index in [4.69, 9.17) is 14.2 Å². The molecule has 2 heterocycles. The number of amides is 2. The van der Waals surface area contributed by atoms with Gasteiger partial charge in [0.15, 0.2) is 17.3 Å². The Balaban J connectivity index is 1.71. The van der Waals surface area contributed by atoms with Gasteiger partial charge in [-0.25, -0.2) is 4.79 Å². The van der Waals surface area contributed by atoms with Crippen molar-refractivity contribution >= 4 is 23.5 Å². The number of ketones is 1. The Labute approximate surface area is 170 Å². The standard InChI is InChI=1S/C21H28N2O6/c1-13(24)15-10-17-18(28-12-27-17)11-16(15)22-19(25)9-14-7-5-6-8-23(14)20(26)29-21(2,3)4/h10-11,14H,5-9,12H2,1-4H3,(H,22,25). The van der Waals surface area contributed by atoms with E-state index >= 15 is 0 Å². The zero-order chi connectivity index (χ0) is 21.2. The molecule has 0 spiro atoms. The fraction of sp³-hybridized carbons (Fsp3) is 0.571. The summed E-state index contributed by atoms with van der Waals surface area (Å²) in [5.74, 6) is 0.508. The first-order valence-corrected chi connectivity index (χ1v) is 9.88. The van der Waals surface area contributed by atoms with Crippen molar-refractivity contribution in [2.24, 2.45) is 0 Å². The average molecular weight is 404 g/mol. The molecule has 8 nitrogen and oxygen atoms in total. The topological polar surface area (TPSA) is 94.2 Å². The molecule has 0 radical (unpaired) electrons. The summed E-state index contributed by atoms with van der Waals surface area (Å²) in [6.45, 7) is 7.53. The predicted octanol–water partition coefficient (Wildman–Crippen LogP) is 3.74. The SMILES string of the molecule is CC(=O)c1cc2c(cc1NC(=O)CC1CCCCN1C(=O)OC(C)(C)C)OCO2. The Hall–Kier alpha value is -2.77. The van der Waals surface area contributed by atoms with Crippen LogP contribution in [0.2, 0.25) is 0 Å². The summed E-state index contributed by atoms with van der Waals surface area (Å²) in [6.07, 6.45) is 2.29. The molecular weight excluding hydrogens is 376 g/mol. The summed E-state index contributed by atoms with van der Waals surface area (Å²) < 4.78 is 16.1. The molecule has 29 heavy (non-hydrogen) atoms. The van der Waals surface area contributed by atoms with Crippen molar-refractivity contribution in [1.29, 1.82) is 0 Å². The van der Waals surface area contributed by atoms with Gasteiger partial charge in [0.05, 0.1) is 5.69 Å². The molecule has 1 aromatic carbocycles. The van der Waals surface area contributed by atoms with Crippen molar-refractivity contribution in [3.8, 4) is 11.5 Å². The maximum atomic E-state index is 12.7. The summed E-state index contributed by atoms with van der Waals surface area (Å²) in [5, 5.41) is 2.80. The molecule has 1 fully saturated rings. The number of fused-ring (bicyclic) bond motifs is 1. The largest absolute Gasteiger partial charge is 0.454 e. The first kappa shape index (κ1) is 21.0. The summed E-state index contributed by atoms with van der Waals surface area (Å²) in [7, 11) is 0. The maximum Gasteiger partial charge on any atom is 0.410 e. The molecular formula is C21H28N2O6. The first-order chi connectivity index (χ1) is 13.6. The molecule has 1 atom stereocenters. The van der Waals surface area contributed by atoms with E-state index in [0.29, 0.717) is 29.3 Å². The third-order valence-corrected chi connectivity index (χ3v) is 4.84. The predicted molar refractivity (Wildman–Crippen MR) is 106 cm³/mol. The lowest BCUT2D eigenvalue weighted by Gasteiger charge is -2.36. The van der Waals surface area contributed by atoms with Gasteiger partial charge in [-0.3, -0.25) is 9.59 Å². The van der Waals surface area contributed by atoms with Crippen molar-refractivity contribution in [1.82, 2.24) is 4.90 Å². The fourth-order valence-electron chi connectivity index (χ4n) is 3.53. The lowest BCUT2D eigenvalue weighted by atomic mass is 9.99. The van der Waals surface area contributed by atoms with Crippen LogP contribution < -0.4 is 14.8 Å². The molecule has 2 aliphatic heterocycles. The zero-order valence-electron chi connectivity index (χ0n) is 17.4. The van der Waals surface area contributed by atoms with Gasteiger partial charge in [0.1, 0.15) is 5.60 Å². The van der Waals surface area contributed by atoms with Gasteiger partial charge in [-0.05, 0) is 53.0 Å². The molecule has 1 N–H and O–H groups in total. The highest BCUT2D eigenvalue weighted by atomic mass is 16.7. The van der Waals surface area contributed by atoms with Crippen LogP contribution in [0.25, 0.3) is 0 Å². The van der Waals surface area contributed by atoms with Crippen molar-refractivity contribution in [3.63, 3.8) is 0 Å². The minimum absolute atomic E-state index is 0.0804. The number of Topliss-reactive ketones (excluding diaryl/α,β-unsaturated/α-hetero) is 1. The number of piperidine rings is 1. The van der Waals surface area contributed by atoms with E-state index in [0.717, 1.165) is 19.3 Å². The second-order valence-electron chi connectivity index (χ2n) is 8.38. The first-order valence-electron chi connectivity index (χ1n) is 9.88. The highest BCUT2D eigenvalue weighted by molar-refractivity contribution is 6.04. The molecule has 0 bridgehead atoms. The van der Waals surface area contributed by atoms with Crippen molar-refractivity contribution in [2.75, 3.05) is 18.7 Å². The maximum absolute atomic E-state index is 12.7. The number of rotatable bonds is 4. The van der Waals surface area contributed by atoms with Crippen molar-refractivity contribution < 1.29 is 28.6 Å². The molecule has 2 aliphatic rings. The minimum atomic E-state index is -0.593. The van der Waals surface area contributed by atoms with Gasteiger partial charge >= 0.3 is 6.09 Å². The number of nitrogens with zero attached hydrogens (tertiary/aromatic N) is 1. The number of carbonyl (C=O) groups excluding carboxylic acids is 3. The van der Waals surface area contributed by atoms with Crippen LogP contribution in [-0.4, -0.2) is 47.7 Å². The quantitative estimate of drug-likeness (QED) is 0.769. The van der Waals surface area contributed by atoms with Gasteiger partial charge in [-0.15, -0.1) is 0 Å². The number of hydrogen-bond donors (Lipinski definition) is 1. The van der Waals surface area contributed by atoms with Crippen LogP contribution >= 0.6 is 0 Å². The van der Waals surface area contributed by atoms with Crippen LogP contribution in [0.4, 0.5) is 10.5 Å². The number of carbonyl (C=O) groups is 3. The minimum Gasteiger partial charge on any atom is -0.454 e.